The molecule has 0 heterocycles. The second-order valence-electron chi connectivity index (χ2n) is 4.57. The van der Waals surface area contributed by atoms with Crippen LogP contribution < -0.4 is 15.8 Å². The summed E-state index contributed by atoms with van der Waals surface area (Å²) in [5.41, 5.74) is 6.32. The maximum atomic E-state index is 13.1. The van der Waals surface area contributed by atoms with Gasteiger partial charge in [-0.1, -0.05) is 0 Å². The van der Waals surface area contributed by atoms with Crippen molar-refractivity contribution in [3.05, 3.63) is 29.6 Å². The first kappa shape index (κ1) is 15.4. The molecule has 3 N–H and O–H groups in total. The van der Waals surface area contributed by atoms with Crippen molar-refractivity contribution in [2.24, 2.45) is 5.73 Å². The second kappa shape index (κ2) is 7.74. The first-order chi connectivity index (χ1) is 9.02. The zero-order chi connectivity index (χ0) is 14.3. The Hall–Kier alpha value is -1.62. The summed E-state index contributed by atoms with van der Waals surface area (Å²) < 4.78 is 18.3. The summed E-state index contributed by atoms with van der Waals surface area (Å²) in [6, 6.07) is 4.38. The minimum absolute atomic E-state index is 0.0223. The van der Waals surface area contributed by atoms with E-state index >= 15 is 0 Å². The number of methoxy groups -OCH3 is 1. The maximum absolute atomic E-state index is 13.1. The van der Waals surface area contributed by atoms with E-state index in [1.807, 2.05) is 6.92 Å². The molecule has 1 atom stereocenters. The number of halogens is 1. The summed E-state index contributed by atoms with van der Waals surface area (Å²) in [4.78, 5) is 11.5. The normalized spacial score (nSPS) is 12.0. The van der Waals surface area contributed by atoms with Crippen molar-refractivity contribution in [3.8, 4) is 5.75 Å². The highest BCUT2D eigenvalue weighted by atomic mass is 19.1. The Morgan fingerprint density at radius 1 is 1.53 bits per heavy atom. The van der Waals surface area contributed by atoms with Gasteiger partial charge in [0.25, 0.3) is 0 Å². The van der Waals surface area contributed by atoms with Gasteiger partial charge < -0.3 is 15.8 Å². The van der Waals surface area contributed by atoms with Crippen LogP contribution in [0.2, 0.25) is 0 Å². The lowest BCUT2D eigenvalue weighted by atomic mass is 10.1. The number of hydrogen-bond acceptors (Lipinski definition) is 3. The molecular formula is C14H21FN2O2. The van der Waals surface area contributed by atoms with Crippen molar-refractivity contribution in [2.45, 2.75) is 32.2 Å². The molecule has 0 bridgehead atoms. The molecule has 5 heteroatoms. The Morgan fingerprint density at radius 2 is 2.26 bits per heavy atom. The van der Waals surface area contributed by atoms with Crippen LogP contribution in [-0.4, -0.2) is 25.6 Å². The Balaban J connectivity index is 2.40. The van der Waals surface area contributed by atoms with Crippen molar-refractivity contribution in [2.75, 3.05) is 13.7 Å². The van der Waals surface area contributed by atoms with E-state index in [1.54, 1.807) is 6.07 Å². The third-order valence-corrected chi connectivity index (χ3v) is 2.79. The predicted octanol–water partition coefficient (Wildman–Crippen LogP) is 1.62. The molecule has 4 nitrogen and oxygen atoms in total. The molecule has 106 valence electrons. The van der Waals surface area contributed by atoms with Gasteiger partial charge in [0.2, 0.25) is 5.91 Å². The zero-order valence-electron chi connectivity index (χ0n) is 11.4. The molecule has 19 heavy (non-hydrogen) atoms. The molecule has 0 spiro atoms. The zero-order valence-corrected chi connectivity index (χ0v) is 11.4. The molecule has 1 amide bonds. The quantitative estimate of drug-likeness (QED) is 0.790. The van der Waals surface area contributed by atoms with Crippen molar-refractivity contribution >= 4 is 5.91 Å². The Labute approximate surface area is 113 Å². The molecule has 0 aromatic heterocycles. The maximum Gasteiger partial charge on any atom is 0.220 e. The van der Waals surface area contributed by atoms with Gasteiger partial charge in [0.15, 0.2) is 0 Å². The van der Waals surface area contributed by atoms with E-state index < -0.39 is 0 Å². The van der Waals surface area contributed by atoms with E-state index in [0.717, 1.165) is 5.56 Å². The van der Waals surface area contributed by atoms with Crippen LogP contribution in [0.5, 0.6) is 5.75 Å². The van der Waals surface area contributed by atoms with E-state index in [-0.39, 0.29) is 17.8 Å². The van der Waals surface area contributed by atoms with Crippen molar-refractivity contribution in [1.82, 2.24) is 5.32 Å². The van der Waals surface area contributed by atoms with Crippen LogP contribution in [-0.2, 0) is 11.2 Å². The standard InChI is InChI=1S/C14H21FN2O2/c1-10(16)3-6-14(18)17-8-7-11-9-12(15)4-5-13(11)19-2/h4-5,9-10H,3,6-8,16H2,1-2H3,(H,17,18). The molecule has 0 saturated heterocycles. The Bertz CT molecular complexity index is 422. The van der Waals surface area contributed by atoms with Gasteiger partial charge in [-0.2, -0.15) is 0 Å². The first-order valence-corrected chi connectivity index (χ1v) is 6.37. The summed E-state index contributed by atoms with van der Waals surface area (Å²) in [6.07, 6.45) is 1.61. The molecule has 1 unspecified atom stereocenters. The van der Waals surface area contributed by atoms with Crippen molar-refractivity contribution < 1.29 is 13.9 Å². The third-order valence-electron chi connectivity index (χ3n) is 2.79. The summed E-state index contributed by atoms with van der Waals surface area (Å²) in [5, 5.41) is 2.78. The van der Waals surface area contributed by atoms with Gasteiger partial charge in [-0.3, -0.25) is 4.79 Å². The highest BCUT2D eigenvalue weighted by molar-refractivity contribution is 5.75. The van der Waals surface area contributed by atoms with E-state index in [9.17, 15) is 9.18 Å². The number of carbonyl (C=O) groups is 1. The van der Waals surface area contributed by atoms with Gasteiger partial charge in [0.1, 0.15) is 11.6 Å². The van der Waals surface area contributed by atoms with Crippen molar-refractivity contribution in [1.29, 1.82) is 0 Å². The van der Waals surface area contributed by atoms with Crippen LogP contribution >= 0.6 is 0 Å². The summed E-state index contributed by atoms with van der Waals surface area (Å²) in [5.74, 6) is 0.290. The number of nitrogens with one attached hydrogen (secondary N) is 1. The minimum atomic E-state index is -0.306. The number of benzene rings is 1. The first-order valence-electron chi connectivity index (χ1n) is 6.37. The fourth-order valence-corrected chi connectivity index (χ4v) is 1.73. The molecule has 1 aromatic carbocycles. The van der Waals surface area contributed by atoms with Crippen LogP contribution in [0.4, 0.5) is 4.39 Å². The van der Waals surface area contributed by atoms with E-state index in [2.05, 4.69) is 5.32 Å². The molecule has 1 aromatic rings. The summed E-state index contributed by atoms with van der Waals surface area (Å²) >= 11 is 0. The van der Waals surface area contributed by atoms with Gasteiger partial charge >= 0.3 is 0 Å². The lowest BCUT2D eigenvalue weighted by molar-refractivity contribution is -0.121. The molecule has 0 aliphatic heterocycles. The summed E-state index contributed by atoms with van der Waals surface area (Å²) in [7, 11) is 1.54. The molecule has 0 aliphatic carbocycles. The average Bonchev–Trinajstić information content (AvgIpc) is 2.36. The van der Waals surface area contributed by atoms with Crippen LogP contribution in [0.15, 0.2) is 18.2 Å². The highest BCUT2D eigenvalue weighted by Gasteiger charge is 2.06. The van der Waals surface area contributed by atoms with Crippen molar-refractivity contribution in [3.63, 3.8) is 0 Å². The fraction of sp³-hybridized carbons (Fsp3) is 0.500. The molecule has 0 saturated carbocycles. The van der Waals surface area contributed by atoms with Gasteiger partial charge in [0, 0.05) is 19.0 Å². The van der Waals surface area contributed by atoms with Gasteiger partial charge in [-0.15, -0.1) is 0 Å². The molecule has 0 fully saturated rings. The van der Waals surface area contributed by atoms with Gasteiger partial charge in [-0.05, 0) is 43.5 Å². The van der Waals surface area contributed by atoms with E-state index in [4.69, 9.17) is 10.5 Å². The monoisotopic (exact) mass is 268 g/mol. The Morgan fingerprint density at radius 3 is 2.89 bits per heavy atom. The number of nitrogens with two attached hydrogens (primary N) is 1. The van der Waals surface area contributed by atoms with E-state index in [1.165, 1.54) is 19.2 Å². The highest BCUT2D eigenvalue weighted by Crippen LogP contribution is 2.19. The lowest BCUT2D eigenvalue weighted by Gasteiger charge is -2.10. The Kier molecular flexibility index (Phi) is 6.29. The number of carbonyl (C=O) groups excluding carboxylic acids is 1. The predicted molar refractivity (Wildman–Crippen MR) is 72.5 cm³/mol. The van der Waals surface area contributed by atoms with E-state index in [0.29, 0.717) is 31.6 Å². The third kappa shape index (κ3) is 5.70. The number of hydrogen-bond donors (Lipinski definition) is 2. The number of ether oxygens (including phenoxy) is 1. The SMILES string of the molecule is COc1ccc(F)cc1CCNC(=O)CCC(C)N. The molecular weight excluding hydrogens is 247 g/mol. The van der Waals surface area contributed by atoms with Crippen LogP contribution in [0.3, 0.4) is 0 Å². The largest absolute Gasteiger partial charge is 0.496 e. The molecule has 0 aliphatic rings. The molecule has 1 rings (SSSR count). The van der Waals surface area contributed by atoms with Crippen LogP contribution in [0.25, 0.3) is 0 Å². The van der Waals surface area contributed by atoms with Gasteiger partial charge in [-0.25, -0.2) is 4.39 Å². The summed E-state index contributed by atoms with van der Waals surface area (Å²) in [6.45, 7) is 2.32. The second-order valence-corrected chi connectivity index (χ2v) is 4.57. The topological polar surface area (TPSA) is 64.3 Å². The lowest BCUT2D eigenvalue weighted by Crippen LogP contribution is -2.27. The van der Waals surface area contributed by atoms with Crippen LogP contribution in [0, 0.1) is 5.82 Å². The van der Waals surface area contributed by atoms with Crippen LogP contribution in [0.1, 0.15) is 25.3 Å². The number of amides is 1. The van der Waals surface area contributed by atoms with Gasteiger partial charge in [0.05, 0.1) is 7.11 Å². The molecule has 0 radical (unpaired) electrons. The number of rotatable bonds is 7. The minimum Gasteiger partial charge on any atom is -0.496 e. The fourth-order valence-electron chi connectivity index (χ4n) is 1.73. The average molecular weight is 268 g/mol. The smallest absolute Gasteiger partial charge is 0.220 e.